The first-order valence-corrected chi connectivity index (χ1v) is 11.3. The average Bonchev–Trinajstić information content (AvgIpc) is 2.71. The van der Waals surface area contributed by atoms with E-state index in [0.29, 0.717) is 45.2 Å². The van der Waals surface area contributed by atoms with E-state index in [-0.39, 0.29) is 23.7 Å². The Morgan fingerprint density at radius 2 is 1.67 bits per heavy atom. The fourth-order valence-corrected chi connectivity index (χ4v) is 3.66. The summed E-state index contributed by atoms with van der Waals surface area (Å²) in [6.07, 6.45) is 8.17. The Kier molecular flexibility index (Phi) is 11.8. The molecule has 0 bridgehead atoms. The summed E-state index contributed by atoms with van der Waals surface area (Å²) in [6, 6.07) is -0.700. The van der Waals surface area contributed by atoms with Crippen molar-refractivity contribution in [3.8, 4) is 0 Å². The second kappa shape index (κ2) is 13.8. The van der Waals surface area contributed by atoms with E-state index in [1.807, 2.05) is 13.8 Å². The number of hydrogen-bond donors (Lipinski definition) is 5. The van der Waals surface area contributed by atoms with Crippen LogP contribution in [-0.4, -0.2) is 48.4 Å². The van der Waals surface area contributed by atoms with Crippen LogP contribution in [0, 0.1) is 0 Å². The molecule has 1 unspecified atom stereocenters. The van der Waals surface area contributed by atoms with Gasteiger partial charge in [0.2, 0.25) is 17.7 Å². The molecular formula is C21H40N6O3. The quantitative estimate of drug-likeness (QED) is 0.245. The number of aliphatic imine (C=N–C) groups is 1. The van der Waals surface area contributed by atoms with Gasteiger partial charge in [-0.1, -0.05) is 39.5 Å². The zero-order chi connectivity index (χ0) is 22.4. The fraction of sp³-hybridized carbons (Fsp3) is 0.810. The molecular weight excluding hydrogens is 384 g/mol. The van der Waals surface area contributed by atoms with Gasteiger partial charge in [0.05, 0.1) is 0 Å². The van der Waals surface area contributed by atoms with E-state index >= 15 is 0 Å². The lowest BCUT2D eigenvalue weighted by atomic mass is 9.90. The van der Waals surface area contributed by atoms with Crippen molar-refractivity contribution in [1.29, 1.82) is 0 Å². The van der Waals surface area contributed by atoms with E-state index in [2.05, 4.69) is 20.9 Å². The van der Waals surface area contributed by atoms with Crippen molar-refractivity contribution < 1.29 is 14.4 Å². The van der Waals surface area contributed by atoms with Crippen molar-refractivity contribution >= 4 is 23.7 Å². The summed E-state index contributed by atoms with van der Waals surface area (Å²) in [4.78, 5) is 42.3. The van der Waals surface area contributed by atoms with E-state index in [1.165, 1.54) is 0 Å². The number of rotatable bonds is 6. The number of nitrogens with one attached hydrogen (secondary N) is 3. The van der Waals surface area contributed by atoms with Gasteiger partial charge in [-0.15, -0.1) is 0 Å². The summed E-state index contributed by atoms with van der Waals surface area (Å²) in [5.41, 5.74) is 9.68. The van der Waals surface area contributed by atoms with Gasteiger partial charge in [-0.2, -0.15) is 0 Å². The largest absolute Gasteiger partial charge is 0.370 e. The van der Waals surface area contributed by atoms with Crippen LogP contribution in [0.15, 0.2) is 4.99 Å². The highest BCUT2D eigenvalue weighted by atomic mass is 16.2. The average molecular weight is 425 g/mol. The van der Waals surface area contributed by atoms with Crippen LogP contribution in [0.5, 0.6) is 0 Å². The summed E-state index contributed by atoms with van der Waals surface area (Å²) in [7, 11) is 0. The molecule has 30 heavy (non-hydrogen) atoms. The Morgan fingerprint density at radius 3 is 2.30 bits per heavy atom. The van der Waals surface area contributed by atoms with Crippen molar-refractivity contribution in [1.82, 2.24) is 16.0 Å². The van der Waals surface area contributed by atoms with Crippen LogP contribution in [0.2, 0.25) is 0 Å². The lowest BCUT2D eigenvalue weighted by Crippen LogP contribution is -2.61. The predicted octanol–water partition coefficient (Wildman–Crippen LogP) is 1.06. The lowest BCUT2D eigenvalue weighted by Gasteiger charge is -2.33. The Labute approximate surface area is 180 Å². The molecule has 1 fully saturated rings. The highest BCUT2D eigenvalue weighted by Crippen LogP contribution is 2.18. The molecule has 0 aromatic carbocycles. The SMILES string of the molecule is CCC1(CC)NC(=O)CCCCCCCCNC(=O)C(CCCN=C(N)N)NC1=O. The van der Waals surface area contributed by atoms with Gasteiger partial charge >= 0.3 is 0 Å². The highest BCUT2D eigenvalue weighted by molar-refractivity contribution is 5.94. The third-order valence-corrected chi connectivity index (χ3v) is 5.72. The topological polar surface area (TPSA) is 152 Å². The molecule has 0 radical (unpaired) electrons. The Balaban J connectivity index is 2.95. The zero-order valence-electron chi connectivity index (χ0n) is 18.6. The van der Waals surface area contributed by atoms with E-state index in [1.54, 1.807) is 0 Å². The first-order chi connectivity index (χ1) is 14.3. The van der Waals surface area contributed by atoms with E-state index < -0.39 is 11.6 Å². The lowest BCUT2D eigenvalue weighted by molar-refractivity contribution is -0.136. The molecule has 0 spiro atoms. The molecule has 0 saturated carbocycles. The minimum Gasteiger partial charge on any atom is -0.370 e. The molecule has 1 saturated heterocycles. The first kappa shape index (κ1) is 25.7. The number of carbonyl (C=O) groups excluding carboxylic acids is 3. The molecule has 1 aliphatic heterocycles. The van der Waals surface area contributed by atoms with Crippen LogP contribution >= 0.6 is 0 Å². The maximum absolute atomic E-state index is 13.2. The summed E-state index contributed by atoms with van der Waals surface area (Å²) in [5, 5.41) is 8.75. The molecule has 0 aromatic rings. The summed E-state index contributed by atoms with van der Waals surface area (Å²) in [6.45, 7) is 4.71. The maximum Gasteiger partial charge on any atom is 0.246 e. The molecule has 1 atom stereocenters. The van der Waals surface area contributed by atoms with Crippen molar-refractivity contribution in [2.24, 2.45) is 16.5 Å². The number of nitrogens with zero attached hydrogens (tertiary/aromatic N) is 1. The van der Waals surface area contributed by atoms with Gasteiger partial charge in [0.1, 0.15) is 11.6 Å². The first-order valence-electron chi connectivity index (χ1n) is 11.3. The second-order valence-corrected chi connectivity index (χ2v) is 7.97. The molecule has 9 nitrogen and oxygen atoms in total. The van der Waals surface area contributed by atoms with Crippen molar-refractivity contribution in [3.05, 3.63) is 0 Å². The van der Waals surface area contributed by atoms with Crippen LogP contribution in [0.3, 0.4) is 0 Å². The second-order valence-electron chi connectivity index (χ2n) is 7.97. The van der Waals surface area contributed by atoms with Gasteiger partial charge in [-0.25, -0.2) is 0 Å². The zero-order valence-corrected chi connectivity index (χ0v) is 18.6. The molecule has 7 N–H and O–H groups in total. The molecule has 1 aliphatic rings. The number of hydrogen-bond acceptors (Lipinski definition) is 4. The third kappa shape index (κ3) is 9.00. The summed E-state index contributed by atoms with van der Waals surface area (Å²) < 4.78 is 0. The van der Waals surface area contributed by atoms with Crippen molar-refractivity contribution in [3.63, 3.8) is 0 Å². The minimum atomic E-state index is -1.02. The smallest absolute Gasteiger partial charge is 0.246 e. The van der Waals surface area contributed by atoms with Gasteiger partial charge in [0.25, 0.3) is 0 Å². The summed E-state index contributed by atoms with van der Waals surface area (Å²) >= 11 is 0. The van der Waals surface area contributed by atoms with E-state index in [9.17, 15) is 14.4 Å². The molecule has 0 aromatic heterocycles. The normalized spacial score (nSPS) is 21.8. The van der Waals surface area contributed by atoms with E-state index in [4.69, 9.17) is 11.5 Å². The third-order valence-electron chi connectivity index (χ3n) is 5.72. The Hall–Kier alpha value is -2.32. The molecule has 172 valence electrons. The van der Waals surface area contributed by atoms with Gasteiger partial charge in [0.15, 0.2) is 5.96 Å². The highest BCUT2D eigenvalue weighted by Gasteiger charge is 2.38. The van der Waals surface area contributed by atoms with Gasteiger partial charge in [-0.05, 0) is 38.5 Å². The van der Waals surface area contributed by atoms with Crippen molar-refractivity contribution in [2.75, 3.05) is 13.1 Å². The van der Waals surface area contributed by atoms with Crippen LogP contribution in [0.1, 0.15) is 84.5 Å². The molecule has 9 heteroatoms. The van der Waals surface area contributed by atoms with Gasteiger partial charge < -0.3 is 27.4 Å². The van der Waals surface area contributed by atoms with E-state index in [0.717, 1.165) is 38.5 Å². The number of carbonyl (C=O) groups is 3. The molecule has 1 heterocycles. The maximum atomic E-state index is 13.2. The van der Waals surface area contributed by atoms with Crippen LogP contribution < -0.4 is 27.4 Å². The van der Waals surface area contributed by atoms with Crippen LogP contribution in [0.25, 0.3) is 0 Å². The predicted molar refractivity (Wildman–Crippen MR) is 119 cm³/mol. The number of guanidine groups is 1. The standard InChI is InChI=1S/C21H40N6O3/c1-3-21(4-2)19(30)26-16(12-11-15-25-20(22)23)18(29)24-14-10-8-6-5-7-9-13-17(28)27-21/h16H,3-15H2,1-2H3,(H,24,29)(H,26,30)(H,27,28)(H4,22,23,25). The van der Waals surface area contributed by atoms with Gasteiger partial charge in [-0.3, -0.25) is 19.4 Å². The number of nitrogens with two attached hydrogens (primary N) is 2. The number of amides is 3. The fourth-order valence-electron chi connectivity index (χ4n) is 3.66. The Bertz CT molecular complexity index is 585. The monoisotopic (exact) mass is 424 g/mol. The minimum absolute atomic E-state index is 0.000160. The van der Waals surface area contributed by atoms with Crippen molar-refractivity contribution in [2.45, 2.75) is 96.1 Å². The molecule has 1 rings (SSSR count). The Morgan fingerprint density at radius 1 is 1.03 bits per heavy atom. The van der Waals surface area contributed by atoms with Gasteiger partial charge in [0, 0.05) is 19.5 Å². The summed E-state index contributed by atoms with van der Waals surface area (Å²) in [5.74, 6) is -0.655. The van der Waals surface area contributed by atoms with Crippen LogP contribution in [-0.2, 0) is 14.4 Å². The molecule has 0 aliphatic carbocycles. The van der Waals surface area contributed by atoms with Crippen LogP contribution in [0.4, 0.5) is 0 Å². The molecule has 3 amide bonds.